The van der Waals surface area contributed by atoms with Gasteiger partial charge in [0.2, 0.25) is 11.8 Å². The van der Waals surface area contributed by atoms with Gasteiger partial charge in [0, 0.05) is 29.6 Å². The van der Waals surface area contributed by atoms with Crippen LogP contribution >= 0.6 is 0 Å². The molecule has 0 aliphatic heterocycles. The minimum absolute atomic E-state index is 0.0297. The molecule has 0 spiro atoms. The molecular formula is C23H28N2O3. The van der Waals surface area contributed by atoms with Gasteiger partial charge < -0.3 is 15.4 Å². The van der Waals surface area contributed by atoms with Crippen molar-refractivity contribution in [1.82, 2.24) is 5.32 Å². The van der Waals surface area contributed by atoms with Crippen LogP contribution in [0.5, 0.6) is 5.75 Å². The fourth-order valence-electron chi connectivity index (χ4n) is 3.74. The molecule has 3 rings (SSSR count). The molecule has 2 N–H and O–H groups in total. The zero-order valence-electron chi connectivity index (χ0n) is 16.5. The number of benzene rings is 2. The number of carbonyl (C=O) groups excluding carboxylic acids is 2. The summed E-state index contributed by atoms with van der Waals surface area (Å²) in [6.07, 6.45) is 2.96. The molecule has 5 nitrogen and oxygen atoms in total. The highest BCUT2D eigenvalue weighted by atomic mass is 16.5. The third kappa shape index (κ3) is 4.91. The van der Waals surface area contributed by atoms with Crippen LogP contribution in [0.2, 0.25) is 0 Å². The maximum Gasteiger partial charge on any atom is 0.227 e. The summed E-state index contributed by atoms with van der Waals surface area (Å²) in [6, 6.07) is 15.5. The van der Waals surface area contributed by atoms with Crippen molar-refractivity contribution in [2.75, 3.05) is 12.4 Å². The fraction of sp³-hybridized carbons (Fsp3) is 0.391. The number of hydrogen-bond acceptors (Lipinski definition) is 3. The van der Waals surface area contributed by atoms with Crippen LogP contribution in [0.1, 0.15) is 36.8 Å². The van der Waals surface area contributed by atoms with Crippen LogP contribution in [0.25, 0.3) is 0 Å². The molecular weight excluding hydrogens is 352 g/mol. The smallest absolute Gasteiger partial charge is 0.227 e. The fourth-order valence-corrected chi connectivity index (χ4v) is 3.74. The number of nitrogens with one attached hydrogen (secondary N) is 2. The van der Waals surface area contributed by atoms with Crippen molar-refractivity contribution < 1.29 is 14.3 Å². The van der Waals surface area contributed by atoms with Gasteiger partial charge >= 0.3 is 0 Å². The van der Waals surface area contributed by atoms with Crippen molar-refractivity contribution in [3.63, 3.8) is 0 Å². The number of anilines is 1. The van der Waals surface area contributed by atoms with E-state index in [-0.39, 0.29) is 23.7 Å². The van der Waals surface area contributed by atoms with Gasteiger partial charge in [-0.05, 0) is 50.3 Å². The van der Waals surface area contributed by atoms with Crippen LogP contribution in [0, 0.1) is 18.8 Å². The molecule has 1 saturated carbocycles. The molecule has 5 heteroatoms. The van der Waals surface area contributed by atoms with E-state index in [9.17, 15) is 9.59 Å². The lowest BCUT2D eigenvalue weighted by atomic mass is 9.81. The normalized spacial score (nSPS) is 18.9. The summed E-state index contributed by atoms with van der Waals surface area (Å²) in [5.74, 6) is 0.834. The summed E-state index contributed by atoms with van der Waals surface area (Å²) in [4.78, 5) is 25.1. The van der Waals surface area contributed by atoms with E-state index in [0.29, 0.717) is 6.54 Å². The van der Waals surface area contributed by atoms with Crippen LogP contribution in [-0.2, 0) is 16.1 Å². The van der Waals surface area contributed by atoms with Gasteiger partial charge in [0.05, 0.1) is 7.11 Å². The van der Waals surface area contributed by atoms with Gasteiger partial charge in [0.15, 0.2) is 0 Å². The van der Waals surface area contributed by atoms with Crippen molar-refractivity contribution >= 4 is 17.5 Å². The van der Waals surface area contributed by atoms with E-state index in [0.717, 1.165) is 48.2 Å². The van der Waals surface area contributed by atoms with Crippen LogP contribution < -0.4 is 15.4 Å². The Bertz CT molecular complexity index is 826. The number of ether oxygens (including phenoxy) is 1. The standard InChI is InChI=1S/C23H28N2O3/c1-16-7-3-5-9-20(16)25-23(27)18-13-11-17(12-14-18)22(26)24-15-19-8-4-6-10-21(19)28-2/h3-10,17-18H,11-15H2,1-2H3,(H,24,26)(H,25,27). The maximum atomic E-state index is 12.6. The molecule has 1 fully saturated rings. The summed E-state index contributed by atoms with van der Waals surface area (Å²) in [7, 11) is 1.63. The zero-order valence-corrected chi connectivity index (χ0v) is 16.5. The zero-order chi connectivity index (χ0) is 19.9. The summed E-state index contributed by atoms with van der Waals surface area (Å²) < 4.78 is 5.32. The van der Waals surface area contributed by atoms with Crippen LogP contribution in [0.4, 0.5) is 5.69 Å². The number of carbonyl (C=O) groups is 2. The van der Waals surface area contributed by atoms with Gasteiger partial charge in [-0.3, -0.25) is 9.59 Å². The molecule has 0 bridgehead atoms. The molecule has 148 valence electrons. The highest BCUT2D eigenvalue weighted by Gasteiger charge is 2.30. The molecule has 2 amide bonds. The second-order valence-electron chi connectivity index (χ2n) is 7.38. The summed E-state index contributed by atoms with van der Waals surface area (Å²) in [6.45, 7) is 2.44. The van der Waals surface area contributed by atoms with Crippen LogP contribution in [-0.4, -0.2) is 18.9 Å². The van der Waals surface area contributed by atoms with Crippen molar-refractivity contribution in [3.05, 3.63) is 59.7 Å². The molecule has 0 atom stereocenters. The summed E-state index contributed by atoms with van der Waals surface area (Å²) >= 11 is 0. The molecule has 0 heterocycles. The second kappa shape index (κ2) is 9.40. The van der Waals surface area contributed by atoms with E-state index in [2.05, 4.69) is 10.6 Å². The Morgan fingerprint density at radius 3 is 2.21 bits per heavy atom. The lowest BCUT2D eigenvalue weighted by Crippen LogP contribution is -2.35. The Kier molecular flexibility index (Phi) is 6.69. The second-order valence-corrected chi connectivity index (χ2v) is 7.38. The molecule has 2 aromatic carbocycles. The summed E-state index contributed by atoms with van der Waals surface area (Å²) in [5, 5.41) is 6.05. The third-order valence-corrected chi connectivity index (χ3v) is 5.52. The number of methoxy groups -OCH3 is 1. The lowest BCUT2D eigenvalue weighted by molar-refractivity contribution is -0.128. The minimum Gasteiger partial charge on any atom is -0.496 e. The Hall–Kier alpha value is -2.82. The van der Waals surface area contributed by atoms with E-state index in [4.69, 9.17) is 4.74 Å². The average molecular weight is 380 g/mol. The first-order valence-corrected chi connectivity index (χ1v) is 9.84. The monoisotopic (exact) mass is 380 g/mol. The van der Waals surface area contributed by atoms with E-state index >= 15 is 0 Å². The Morgan fingerprint density at radius 1 is 0.929 bits per heavy atom. The first-order chi connectivity index (χ1) is 13.6. The van der Waals surface area contributed by atoms with Gasteiger partial charge in [-0.15, -0.1) is 0 Å². The molecule has 0 unspecified atom stereocenters. The highest BCUT2D eigenvalue weighted by Crippen LogP contribution is 2.30. The molecule has 0 aromatic heterocycles. The van der Waals surface area contributed by atoms with Gasteiger partial charge in [0.1, 0.15) is 5.75 Å². The number of aryl methyl sites for hydroxylation is 1. The molecule has 0 radical (unpaired) electrons. The third-order valence-electron chi connectivity index (χ3n) is 5.52. The molecule has 1 aliphatic carbocycles. The average Bonchev–Trinajstić information content (AvgIpc) is 2.74. The number of amides is 2. The largest absolute Gasteiger partial charge is 0.496 e. The SMILES string of the molecule is COc1ccccc1CNC(=O)C1CCC(C(=O)Nc2ccccc2C)CC1. The van der Waals surface area contributed by atoms with E-state index in [1.807, 2.05) is 55.5 Å². The van der Waals surface area contributed by atoms with Gasteiger partial charge in [-0.25, -0.2) is 0 Å². The molecule has 2 aromatic rings. The Balaban J connectivity index is 1.47. The number of hydrogen-bond donors (Lipinski definition) is 2. The van der Waals surface area contributed by atoms with Crippen LogP contribution in [0.15, 0.2) is 48.5 Å². The van der Waals surface area contributed by atoms with Gasteiger partial charge in [-0.2, -0.15) is 0 Å². The van der Waals surface area contributed by atoms with E-state index < -0.39 is 0 Å². The van der Waals surface area contributed by atoms with E-state index in [1.54, 1.807) is 7.11 Å². The first-order valence-electron chi connectivity index (χ1n) is 9.84. The quantitative estimate of drug-likeness (QED) is 0.794. The topological polar surface area (TPSA) is 67.4 Å². The van der Waals surface area contributed by atoms with Crippen LogP contribution in [0.3, 0.4) is 0 Å². The highest BCUT2D eigenvalue weighted by molar-refractivity contribution is 5.93. The van der Waals surface area contributed by atoms with E-state index in [1.165, 1.54) is 0 Å². The predicted octanol–water partition coefficient (Wildman–Crippen LogP) is 4.06. The molecule has 0 saturated heterocycles. The minimum atomic E-state index is -0.0304. The predicted molar refractivity (Wildman–Crippen MR) is 110 cm³/mol. The Morgan fingerprint density at radius 2 is 1.54 bits per heavy atom. The molecule has 1 aliphatic rings. The Labute approximate surface area is 166 Å². The first kappa shape index (κ1) is 19.9. The summed E-state index contributed by atoms with van der Waals surface area (Å²) in [5.41, 5.74) is 2.88. The van der Waals surface area contributed by atoms with Gasteiger partial charge in [0.25, 0.3) is 0 Å². The van der Waals surface area contributed by atoms with Crippen molar-refractivity contribution in [3.8, 4) is 5.75 Å². The van der Waals surface area contributed by atoms with Gasteiger partial charge in [-0.1, -0.05) is 36.4 Å². The number of para-hydroxylation sites is 2. The maximum absolute atomic E-state index is 12.6. The lowest BCUT2D eigenvalue weighted by Gasteiger charge is -2.27. The van der Waals surface area contributed by atoms with Crippen molar-refractivity contribution in [2.45, 2.75) is 39.2 Å². The number of rotatable bonds is 6. The molecule has 28 heavy (non-hydrogen) atoms. The van der Waals surface area contributed by atoms with Crippen molar-refractivity contribution in [2.24, 2.45) is 11.8 Å². The van der Waals surface area contributed by atoms with Crippen molar-refractivity contribution in [1.29, 1.82) is 0 Å².